The maximum absolute atomic E-state index is 14.9. The lowest BCUT2D eigenvalue weighted by Gasteiger charge is -2.35. The van der Waals surface area contributed by atoms with Crippen molar-refractivity contribution < 1.29 is 23.5 Å². The summed E-state index contributed by atoms with van der Waals surface area (Å²) >= 11 is 0. The summed E-state index contributed by atoms with van der Waals surface area (Å²) in [5.41, 5.74) is 3.90. The maximum Gasteiger partial charge on any atom is 0.412 e. The molecule has 2 fully saturated rings. The number of piperazine rings is 1. The molecule has 3 amide bonds. The monoisotopic (exact) mass is 781 g/mol. The van der Waals surface area contributed by atoms with E-state index in [9.17, 15) is 18.8 Å². The van der Waals surface area contributed by atoms with Crippen LogP contribution in [0.2, 0.25) is 0 Å². The Kier molecular flexibility index (Phi) is 10.6. The van der Waals surface area contributed by atoms with Crippen LogP contribution in [0, 0.1) is 5.82 Å². The van der Waals surface area contributed by atoms with Crippen LogP contribution in [0.5, 0.6) is 0 Å². The van der Waals surface area contributed by atoms with Crippen molar-refractivity contribution in [3.05, 3.63) is 120 Å². The lowest BCUT2D eigenvalue weighted by molar-refractivity contribution is 0.0633. The average molecular weight is 782 g/mol. The standard InChI is InChI=1S/C44H44FN9O4/c1-44(2,3)58-43(57)46-32-16-17-36(45)35(27-32)38-28-54(50-49-38)33-18-20-51(21-19-33)40(55)30-12-9-13-31(26-30)41(56)52-22-24-53(25-23-52)42-47-37-15-8-7-14-34(37)39(48-42)29-10-5-4-6-11-29/h4-17,26-28,33H,18-25H2,1-3H3,(H,46,57). The SMILES string of the molecule is CC(C)(C)OC(=O)Nc1ccc(F)c(-c2cn(C3CCN(C(=O)c4cccc(C(=O)N5CCN(c6nc(-c7ccccc7)c7ccccc7n6)CC5)c4)CC3)nn2)c1. The van der Waals surface area contributed by atoms with E-state index < -0.39 is 17.5 Å². The number of rotatable bonds is 7. The van der Waals surface area contributed by atoms with Crippen molar-refractivity contribution in [3.8, 4) is 22.5 Å². The number of ether oxygens (including phenoxy) is 1. The van der Waals surface area contributed by atoms with Gasteiger partial charge in [0.25, 0.3) is 11.8 Å². The fourth-order valence-corrected chi connectivity index (χ4v) is 7.41. The van der Waals surface area contributed by atoms with E-state index in [1.807, 2.05) is 59.5 Å². The molecule has 0 spiro atoms. The molecule has 8 rings (SSSR count). The summed E-state index contributed by atoms with van der Waals surface area (Å²) in [5, 5.41) is 12.1. The zero-order chi connectivity index (χ0) is 40.4. The molecule has 2 saturated heterocycles. The van der Waals surface area contributed by atoms with Crippen LogP contribution in [0.4, 0.5) is 20.8 Å². The number of nitrogens with one attached hydrogen (secondary N) is 1. The maximum atomic E-state index is 14.9. The number of fused-ring (bicyclic) bond motifs is 1. The third-order valence-corrected chi connectivity index (χ3v) is 10.4. The molecule has 4 aromatic carbocycles. The van der Waals surface area contributed by atoms with Crippen molar-refractivity contribution in [3.63, 3.8) is 0 Å². The van der Waals surface area contributed by atoms with Gasteiger partial charge >= 0.3 is 6.09 Å². The van der Waals surface area contributed by atoms with Crippen molar-refractivity contribution in [2.45, 2.75) is 45.3 Å². The number of hydrogen-bond donors (Lipinski definition) is 1. The van der Waals surface area contributed by atoms with Crippen molar-refractivity contribution in [1.29, 1.82) is 0 Å². The Morgan fingerprint density at radius 2 is 1.43 bits per heavy atom. The van der Waals surface area contributed by atoms with E-state index in [4.69, 9.17) is 14.7 Å². The van der Waals surface area contributed by atoms with Gasteiger partial charge in [-0.05, 0) is 76.1 Å². The number of aromatic nitrogens is 5. The molecule has 2 aliphatic rings. The Balaban J connectivity index is 0.872. The molecule has 6 aromatic rings. The van der Waals surface area contributed by atoms with Crippen LogP contribution in [0.25, 0.3) is 33.4 Å². The second-order valence-electron chi connectivity index (χ2n) is 15.5. The quantitative estimate of drug-likeness (QED) is 0.175. The molecule has 13 nitrogen and oxygen atoms in total. The van der Waals surface area contributed by atoms with Crippen LogP contribution in [0.1, 0.15) is 60.4 Å². The van der Waals surface area contributed by atoms with Gasteiger partial charge in [0.15, 0.2) is 0 Å². The highest BCUT2D eigenvalue weighted by Gasteiger charge is 2.28. The second-order valence-corrected chi connectivity index (χ2v) is 15.5. The minimum absolute atomic E-state index is 0.0482. The summed E-state index contributed by atoms with van der Waals surface area (Å²) in [5.74, 6) is -0.129. The topological polar surface area (TPSA) is 139 Å². The minimum atomic E-state index is -0.679. The Morgan fingerprint density at radius 3 is 2.14 bits per heavy atom. The van der Waals surface area contributed by atoms with Crippen LogP contribution in [-0.4, -0.2) is 97.5 Å². The number of benzene rings is 4. The molecule has 0 bridgehead atoms. The first-order valence-corrected chi connectivity index (χ1v) is 19.5. The molecule has 1 N–H and O–H groups in total. The van der Waals surface area contributed by atoms with Crippen LogP contribution in [0.3, 0.4) is 0 Å². The molecule has 4 heterocycles. The van der Waals surface area contributed by atoms with Crippen molar-refractivity contribution in [1.82, 2.24) is 34.8 Å². The molecule has 0 atom stereocenters. The molecular formula is C44H44FN9O4. The number of para-hydroxylation sites is 1. The van der Waals surface area contributed by atoms with Gasteiger partial charge in [-0.2, -0.15) is 0 Å². The van der Waals surface area contributed by atoms with Crippen LogP contribution >= 0.6 is 0 Å². The molecule has 2 aliphatic heterocycles. The smallest absolute Gasteiger partial charge is 0.412 e. The molecule has 0 aliphatic carbocycles. The van der Waals surface area contributed by atoms with E-state index in [0.717, 1.165) is 22.2 Å². The van der Waals surface area contributed by atoms with E-state index in [1.165, 1.54) is 18.2 Å². The number of carbonyl (C=O) groups is 3. The Bertz CT molecular complexity index is 2470. The molecule has 2 aromatic heterocycles. The van der Waals surface area contributed by atoms with Crippen molar-refractivity contribution in [2.75, 3.05) is 49.5 Å². The third-order valence-electron chi connectivity index (χ3n) is 10.4. The van der Waals surface area contributed by atoms with Gasteiger partial charge in [0.1, 0.15) is 17.1 Å². The molecule has 0 saturated carbocycles. The molecule has 0 unspecified atom stereocenters. The largest absolute Gasteiger partial charge is 0.444 e. The zero-order valence-electron chi connectivity index (χ0n) is 32.6. The van der Waals surface area contributed by atoms with Gasteiger partial charge in [0.2, 0.25) is 5.95 Å². The summed E-state index contributed by atoms with van der Waals surface area (Å²) in [6, 6.07) is 29.2. The van der Waals surface area contributed by atoms with Gasteiger partial charge in [-0.3, -0.25) is 14.9 Å². The number of hydrogen-bond acceptors (Lipinski definition) is 9. The molecular weight excluding hydrogens is 738 g/mol. The highest BCUT2D eigenvalue weighted by atomic mass is 19.1. The normalized spacial score (nSPS) is 15.1. The van der Waals surface area contributed by atoms with Gasteiger partial charge in [0, 0.05) is 72.6 Å². The van der Waals surface area contributed by atoms with Gasteiger partial charge in [-0.1, -0.05) is 59.8 Å². The van der Waals surface area contributed by atoms with Gasteiger partial charge in [-0.15, -0.1) is 5.10 Å². The first-order valence-electron chi connectivity index (χ1n) is 19.5. The summed E-state index contributed by atoms with van der Waals surface area (Å²) in [6.07, 6.45) is 2.28. The number of piperidine rings is 1. The Labute approximate surface area is 335 Å². The minimum Gasteiger partial charge on any atom is -0.444 e. The predicted molar refractivity (Wildman–Crippen MR) is 219 cm³/mol. The van der Waals surface area contributed by atoms with Gasteiger partial charge < -0.3 is 19.4 Å². The number of amides is 3. The fraction of sp³-hybridized carbons (Fsp3) is 0.295. The molecule has 14 heteroatoms. The van der Waals surface area contributed by atoms with Crippen molar-refractivity contribution >= 4 is 40.4 Å². The summed E-state index contributed by atoms with van der Waals surface area (Å²) in [7, 11) is 0. The van der Waals surface area contributed by atoms with Crippen LogP contribution in [-0.2, 0) is 4.74 Å². The summed E-state index contributed by atoms with van der Waals surface area (Å²) in [6.45, 7) is 8.37. The van der Waals surface area contributed by atoms with Crippen LogP contribution in [0.15, 0.2) is 103 Å². The summed E-state index contributed by atoms with van der Waals surface area (Å²) in [4.78, 5) is 55.3. The average Bonchev–Trinajstić information content (AvgIpc) is 3.73. The summed E-state index contributed by atoms with van der Waals surface area (Å²) < 4.78 is 21.9. The van der Waals surface area contributed by atoms with Gasteiger partial charge in [-0.25, -0.2) is 23.8 Å². The predicted octanol–water partition coefficient (Wildman–Crippen LogP) is 7.48. The number of anilines is 2. The van der Waals surface area contributed by atoms with E-state index >= 15 is 0 Å². The highest BCUT2D eigenvalue weighted by molar-refractivity contribution is 6.00. The fourth-order valence-electron chi connectivity index (χ4n) is 7.41. The van der Waals surface area contributed by atoms with Crippen molar-refractivity contribution in [2.24, 2.45) is 0 Å². The highest BCUT2D eigenvalue weighted by Crippen LogP contribution is 2.30. The van der Waals surface area contributed by atoms with Crippen LogP contribution < -0.4 is 10.2 Å². The van der Waals surface area contributed by atoms with E-state index in [0.29, 0.717) is 80.6 Å². The first-order chi connectivity index (χ1) is 28.0. The number of halogens is 1. The zero-order valence-corrected chi connectivity index (χ0v) is 32.6. The number of carbonyl (C=O) groups excluding carboxylic acids is 3. The lowest BCUT2D eigenvalue weighted by Crippen LogP contribution is -2.49. The Hall–Kier alpha value is -6.70. The Morgan fingerprint density at radius 1 is 0.759 bits per heavy atom. The molecule has 58 heavy (non-hydrogen) atoms. The molecule has 0 radical (unpaired) electrons. The van der Waals surface area contributed by atoms with E-state index in [1.54, 1.807) is 60.8 Å². The van der Waals surface area contributed by atoms with E-state index in [-0.39, 0.29) is 23.4 Å². The van der Waals surface area contributed by atoms with Gasteiger partial charge in [0.05, 0.1) is 23.4 Å². The number of likely N-dealkylation sites (tertiary alicyclic amines) is 1. The second kappa shape index (κ2) is 16.0. The lowest BCUT2D eigenvalue weighted by atomic mass is 10.0. The number of nitrogens with zero attached hydrogens (tertiary/aromatic N) is 8. The molecule has 296 valence electrons. The third kappa shape index (κ3) is 8.36. The first kappa shape index (κ1) is 38.2. The van der Waals surface area contributed by atoms with E-state index in [2.05, 4.69) is 20.5 Å².